The van der Waals surface area contributed by atoms with Crippen molar-refractivity contribution in [2.75, 3.05) is 6.61 Å². The maximum atomic E-state index is 10.8. The van der Waals surface area contributed by atoms with E-state index in [1.807, 2.05) is 24.3 Å². The largest absolute Gasteiger partial charge is 0.494 e. The fourth-order valence-corrected chi connectivity index (χ4v) is 2.71. The van der Waals surface area contributed by atoms with Crippen LogP contribution in [-0.4, -0.2) is 27.7 Å². The van der Waals surface area contributed by atoms with Crippen molar-refractivity contribution in [2.24, 2.45) is 0 Å². The van der Waals surface area contributed by atoms with Crippen molar-refractivity contribution >= 4 is 5.97 Å². The molecule has 2 rings (SSSR count). The summed E-state index contributed by atoms with van der Waals surface area (Å²) in [6, 6.07) is 7.57. The van der Waals surface area contributed by atoms with Gasteiger partial charge >= 0.3 is 5.97 Å². The van der Waals surface area contributed by atoms with Crippen LogP contribution in [0.2, 0.25) is 0 Å². The summed E-state index contributed by atoms with van der Waals surface area (Å²) in [6.45, 7) is 2.98. The molecule has 1 aromatic heterocycles. The average molecular weight is 356 g/mol. The summed E-state index contributed by atoms with van der Waals surface area (Å²) in [7, 11) is 0. The van der Waals surface area contributed by atoms with Crippen LogP contribution in [0.25, 0.3) is 11.4 Å². The predicted octanol–water partition coefficient (Wildman–Crippen LogP) is 5.36. The van der Waals surface area contributed by atoms with E-state index in [-0.39, 0.29) is 5.56 Å². The summed E-state index contributed by atoms with van der Waals surface area (Å²) < 4.78 is 5.77. The van der Waals surface area contributed by atoms with Crippen LogP contribution >= 0.6 is 0 Å². The Morgan fingerprint density at radius 3 is 2.08 bits per heavy atom. The molecule has 0 bridgehead atoms. The Morgan fingerprint density at radius 2 is 1.50 bits per heavy atom. The molecule has 0 aliphatic heterocycles. The maximum Gasteiger partial charge on any atom is 0.338 e. The molecule has 0 saturated carbocycles. The molecule has 5 heteroatoms. The lowest BCUT2D eigenvalue weighted by Gasteiger charge is -2.07. The second-order valence-corrected chi connectivity index (χ2v) is 6.45. The Balaban J connectivity index is 1.68. The molecule has 0 unspecified atom stereocenters. The first-order valence-electron chi connectivity index (χ1n) is 9.49. The molecule has 5 nitrogen and oxygen atoms in total. The zero-order valence-electron chi connectivity index (χ0n) is 15.5. The van der Waals surface area contributed by atoms with Crippen LogP contribution in [-0.2, 0) is 0 Å². The summed E-state index contributed by atoms with van der Waals surface area (Å²) in [5, 5.41) is 8.87. The molecular weight excluding hydrogens is 328 g/mol. The van der Waals surface area contributed by atoms with Gasteiger partial charge < -0.3 is 9.84 Å². The number of ether oxygens (including phenoxy) is 1. The van der Waals surface area contributed by atoms with E-state index in [2.05, 4.69) is 16.9 Å². The third-order valence-corrected chi connectivity index (χ3v) is 4.28. The van der Waals surface area contributed by atoms with E-state index in [1.54, 1.807) is 0 Å². The minimum Gasteiger partial charge on any atom is -0.494 e. The number of carboxylic acid groups (broad SMARTS) is 1. The summed E-state index contributed by atoms with van der Waals surface area (Å²) >= 11 is 0. The molecule has 0 amide bonds. The van der Waals surface area contributed by atoms with E-state index in [4.69, 9.17) is 9.84 Å². The molecule has 0 saturated heterocycles. The number of nitrogens with zero attached hydrogens (tertiary/aromatic N) is 2. The Hall–Kier alpha value is -2.43. The minimum absolute atomic E-state index is 0.0825. The van der Waals surface area contributed by atoms with E-state index < -0.39 is 5.97 Å². The van der Waals surface area contributed by atoms with Crippen molar-refractivity contribution in [3.05, 3.63) is 42.2 Å². The highest BCUT2D eigenvalue weighted by molar-refractivity contribution is 5.86. The second kappa shape index (κ2) is 11.2. The first-order chi connectivity index (χ1) is 12.7. The SMILES string of the molecule is CCCCCCCCCCOc1ccc(-c2ncc(C(=O)O)cn2)cc1. The Labute approximate surface area is 155 Å². The average Bonchev–Trinajstić information content (AvgIpc) is 2.67. The van der Waals surface area contributed by atoms with Gasteiger partial charge in [-0.05, 0) is 30.7 Å². The molecule has 1 heterocycles. The molecule has 0 radical (unpaired) electrons. The summed E-state index contributed by atoms with van der Waals surface area (Å²) in [5.41, 5.74) is 0.917. The van der Waals surface area contributed by atoms with Crippen molar-refractivity contribution in [3.8, 4) is 17.1 Å². The fourth-order valence-electron chi connectivity index (χ4n) is 2.71. The molecule has 140 valence electrons. The topological polar surface area (TPSA) is 72.3 Å². The molecule has 1 N–H and O–H groups in total. The van der Waals surface area contributed by atoms with Crippen molar-refractivity contribution < 1.29 is 14.6 Å². The van der Waals surface area contributed by atoms with E-state index in [9.17, 15) is 4.79 Å². The first kappa shape index (κ1) is 19.9. The molecular formula is C21H28N2O3. The van der Waals surface area contributed by atoms with Gasteiger partial charge in [0.2, 0.25) is 0 Å². The maximum absolute atomic E-state index is 10.8. The van der Waals surface area contributed by atoms with Gasteiger partial charge in [-0.2, -0.15) is 0 Å². The molecule has 0 atom stereocenters. The summed E-state index contributed by atoms with van der Waals surface area (Å²) in [5.74, 6) is 0.310. The van der Waals surface area contributed by atoms with Gasteiger partial charge in [-0.3, -0.25) is 0 Å². The molecule has 0 aliphatic rings. The van der Waals surface area contributed by atoms with Gasteiger partial charge in [-0.1, -0.05) is 51.9 Å². The van der Waals surface area contributed by atoms with Crippen LogP contribution in [0.3, 0.4) is 0 Å². The number of rotatable bonds is 12. The highest BCUT2D eigenvalue weighted by atomic mass is 16.5. The zero-order chi connectivity index (χ0) is 18.6. The van der Waals surface area contributed by atoms with Gasteiger partial charge in [-0.15, -0.1) is 0 Å². The third kappa shape index (κ3) is 6.82. The normalized spacial score (nSPS) is 10.7. The number of benzene rings is 1. The lowest BCUT2D eigenvalue weighted by Crippen LogP contribution is -2.00. The van der Waals surface area contributed by atoms with Crippen LogP contribution in [0.15, 0.2) is 36.7 Å². The minimum atomic E-state index is -1.03. The monoisotopic (exact) mass is 356 g/mol. The number of hydrogen-bond donors (Lipinski definition) is 1. The molecule has 0 spiro atoms. The van der Waals surface area contributed by atoms with Crippen molar-refractivity contribution in [3.63, 3.8) is 0 Å². The first-order valence-corrected chi connectivity index (χ1v) is 9.49. The molecule has 0 aliphatic carbocycles. The number of unbranched alkanes of at least 4 members (excludes halogenated alkanes) is 7. The summed E-state index contributed by atoms with van der Waals surface area (Å²) in [4.78, 5) is 19.0. The third-order valence-electron chi connectivity index (χ3n) is 4.28. The van der Waals surface area contributed by atoms with Crippen LogP contribution in [0.1, 0.15) is 68.6 Å². The summed E-state index contributed by atoms with van der Waals surface area (Å²) in [6.07, 6.45) is 12.9. The van der Waals surface area contributed by atoms with Crippen molar-refractivity contribution in [1.29, 1.82) is 0 Å². The molecule has 1 aromatic carbocycles. The van der Waals surface area contributed by atoms with E-state index >= 15 is 0 Å². The standard InChI is InChI=1S/C21H28N2O3/c1-2-3-4-5-6-7-8-9-14-26-19-12-10-17(11-13-19)20-22-15-18(16-23-20)21(24)25/h10-13,15-16H,2-9,14H2,1H3,(H,24,25). The number of carbonyl (C=O) groups is 1. The van der Waals surface area contributed by atoms with Crippen LogP contribution < -0.4 is 4.74 Å². The fraction of sp³-hybridized carbons (Fsp3) is 0.476. The smallest absolute Gasteiger partial charge is 0.338 e. The molecule has 26 heavy (non-hydrogen) atoms. The highest BCUT2D eigenvalue weighted by Gasteiger charge is 2.06. The van der Waals surface area contributed by atoms with Gasteiger partial charge in [0.1, 0.15) is 5.75 Å². The van der Waals surface area contributed by atoms with Gasteiger partial charge in [0.05, 0.1) is 12.2 Å². The van der Waals surface area contributed by atoms with E-state index in [0.717, 1.165) is 24.3 Å². The lowest BCUT2D eigenvalue weighted by molar-refractivity contribution is 0.0696. The number of hydrogen-bond acceptors (Lipinski definition) is 4. The van der Waals surface area contributed by atoms with Crippen molar-refractivity contribution in [1.82, 2.24) is 9.97 Å². The number of carboxylic acids is 1. The number of aromatic carboxylic acids is 1. The molecule has 2 aromatic rings. The molecule has 0 fully saturated rings. The van der Waals surface area contributed by atoms with Crippen LogP contribution in [0.4, 0.5) is 0 Å². The van der Waals surface area contributed by atoms with Gasteiger partial charge in [0.25, 0.3) is 0 Å². The Bertz CT molecular complexity index is 654. The zero-order valence-corrected chi connectivity index (χ0v) is 15.5. The lowest BCUT2D eigenvalue weighted by atomic mass is 10.1. The van der Waals surface area contributed by atoms with Gasteiger partial charge in [-0.25, -0.2) is 14.8 Å². The highest BCUT2D eigenvalue weighted by Crippen LogP contribution is 2.19. The van der Waals surface area contributed by atoms with E-state index in [1.165, 1.54) is 57.3 Å². The quantitative estimate of drug-likeness (QED) is 0.518. The van der Waals surface area contributed by atoms with Crippen LogP contribution in [0, 0.1) is 0 Å². The Morgan fingerprint density at radius 1 is 0.923 bits per heavy atom. The van der Waals surface area contributed by atoms with Crippen LogP contribution in [0.5, 0.6) is 5.75 Å². The second-order valence-electron chi connectivity index (χ2n) is 6.45. The predicted molar refractivity (Wildman–Crippen MR) is 103 cm³/mol. The van der Waals surface area contributed by atoms with Crippen molar-refractivity contribution in [2.45, 2.75) is 58.3 Å². The van der Waals surface area contributed by atoms with Gasteiger partial charge in [0.15, 0.2) is 5.82 Å². The van der Waals surface area contributed by atoms with Gasteiger partial charge in [0, 0.05) is 18.0 Å². The number of aromatic nitrogens is 2. The Kier molecular flexibility index (Phi) is 8.60. The van der Waals surface area contributed by atoms with E-state index in [0.29, 0.717) is 5.82 Å².